The van der Waals surface area contributed by atoms with Gasteiger partial charge in [-0.05, 0) is 36.4 Å². The van der Waals surface area contributed by atoms with E-state index in [0.717, 1.165) is 6.26 Å². The van der Waals surface area contributed by atoms with Gasteiger partial charge < -0.3 is 14.1 Å². The second-order valence-electron chi connectivity index (χ2n) is 8.41. The fourth-order valence-electron chi connectivity index (χ4n) is 4.30. The lowest BCUT2D eigenvalue weighted by atomic mass is 9.93. The van der Waals surface area contributed by atoms with E-state index in [1.807, 2.05) is 0 Å². The van der Waals surface area contributed by atoms with E-state index in [1.54, 1.807) is 35.2 Å². The lowest BCUT2D eigenvalue weighted by molar-refractivity contribution is -0.195. The minimum absolute atomic E-state index is 0.0167. The highest BCUT2D eigenvalue weighted by molar-refractivity contribution is 7.90. The van der Waals surface area contributed by atoms with Gasteiger partial charge in [-0.2, -0.15) is 0 Å². The Labute approximate surface area is 193 Å². The number of amides is 1. The number of hydrogen-bond acceptors (Lipinski definition) is 7. The van der Waals surface area contributed by atoms with Gasteiger partial charge in [0.25, 0.3) is 5.91 Å². The quantitative estimate of drug-likeness (QED) is 0.442. The van der Waals surface area contributed by atoms with E-state index < -0.39 is 15.7 Å². The second-order valence-corrected chi connectivity index (χ2v) is 10.4. The van der Waals surface area contributed by atoms with Gasteiger partial charge in [-0.3, -0.25) is 4.79 Å². The Balaban J connectivity index is 1.39. The van der Waals surface area contributed by atoms with Crippen LogP contribution >= 0.6 is 0 Å². The molecule has 172 valence electrons. The summed E-state index contributed by atoms with van der Waals surface area (Å²) in [5.74, 6) is -0.618. The van der Waals surface area contributed by atoms with Crippen molar-refractivity contribution in [1.29, 1.82) is 0 Å². The average Bonchev–Trinajstić information content (AvgIpc) is 3.25. The van der Waals surface area contributed by atoms with Gasteiger partial charge in [0.15, 0.2) is 15.4 Å². The second kappa shape index (κ2) is 7.44. The van der Waals surface area contributed by atoms with Crippen molar-refractivity contribution in [3.8, 4) is 22.6 Å². The zero-order chi connectivity index (χ0) is 23.6. The Bertz CT molecular complexity index is 1570. The summed E-state index contributed by atoms with van der Waals surface area (Å²) in [7, 11) is -3.32. The van der Waals surface area contributed by atoms with Crippen LogP contribution in [0.15, 0.2) is 64.2 Å². The molecule has 0 saturated carbocycles. The van der Waals surface area contributed by atoms with Crippen LogP contribution in [0.1, 0.15) is 10.4 Å². The number of halogens is 1. The molecular formula is C24H18FN3O5S. The highest BCUT2D eigenvalue weighted by Gasteiger charge is 2.50. The normalized spacial score (nSPS) is 19.4. The van der Waals surface area contributed by atoms with Gasteiger partial charge in [0.05, 0.1) is 29.2 Å². The average molecular weight is 479 g/mol. The Morgan fingerprint density at radius 2 is 1.94 bits per heavy atom. The molecular weight excluding hydrogens is 461 g/mol. The van der Waals surface area contributed by atoms with Crippen LogP contribution < -0.4 is 0 Å². The minimum Gasteiger partial charge on any atom is -0.452 e. The lowest BCUT2D eigenvalue weighted by Gasteiger charge is -2.54. The van der Waals surface area contributed by atoms with Crippen molar-refractivity contribution in [3.05, 3.63) is 66.2 Å². The molecule has 1 unspecified atom stereocenters. The van der Waals surface area contributed by atoms with Gasteiger partial charge in [-0.15, -0.1) is 0 Å². The third-order valence-corrected chi connectivity index (χ3v) is 7.44. The Hall–Kier alpha value is -3.63. The van der Waals surface area contributed by atoms with Gasteiger partial charge in [0, 0.05) is 30.0 Å². The first-order chi connectivity index (χ1) is 16.3. The number of morpholine rings is 1. The molecule has 0 spiro atoms. The number of benzene rings is 2. The fraction of sp³-hybridized carbons (Fsp3) is 0.208. The highest BCUT2D eigenvalue weighted by atomic mass is 32.2. The summed E-state index contributed by atoms with van der Waals surface area (Å²) in [5, 5.41) is 0. The third-order valence-electron chi connectivity index (χ3n) is 6.31. The molecule has 0 bridgehead atoms. The zero-order valence-corrected chi connectivity index (χ0v) is 18.8. The van der Waals surface area contributed by atoms with E-state index in [9.17, 15) is 13.2 Å². The predicted octanol–water partition coefficient (Wildman–Crippen LogP) is 3.32. The summed E-state index contributed by atoms with van der Waals surface area (Å²) >= 11 is 0. The van der Waals surface area contributed by atoms with Gasteiger partial charge in [-0.25, -0.2) is 22.8 Å². The first-order valence-corrected chi connectivity index (χ1v) is 12.5. The number of ether oxygens (including phenoxy) is 1. The maximum absolute atomic E-state index is 15.5. The predicted molar refractivity (Wildman–Crippen MR) is 120 cm³/mol. The number of likely N-dealkylation sites (tertiary alicyclic amines) is 1. The maximum Gasteiger partial charge on any atom is 0.257 e. The van der Waals surface area contributed by atoms with E-state index >= 15 is 4.39 Å². The van der Waals surface area contributed by atoms with Crippen molar-refractivity contribution < 1.29 is 26.8 Å². The Kier molecular flexibility index (Phi) is 4.58. The first-order valence-electron chi connectivity index (χ1n) is 10.6. The van der Waals surface area contributed by atoms with Crippen LogP contribution in [0.3, 0.4) is 0 Å². The molecule has 10 heteroatoms. The molecule has 6 rings (SSSR count). The number of furan rings is 1. The van der Waals surface area contributed by atoms with Crippen LogP contribution in [-0.4, -0.2) is 60.7 Å². The molecule has 34 heavy (non-hydrogen) atoms. The summed E-state index contributed by atoms with van der Waals surface area (Å²) in [6.07, 6.45) is 2.51. The molecule has 0 N–H and O–H groups in total. The molecule has 0 aliphatic carbocycles. The number of carbonyl (C=O) groups excluding carboxylic acids is 1. The standard InChI is InChI=1S/C24H18FN3O5S/c1-34(30,31)14-7-5-13(6-8-14)19-9-17-23(33-19)22(27-12-26-17)15-3-2-4-16(21(15)25)24(29)28-10-20-18(28)11-32-20/h2-9,12,18,20H,10-11H2,1H3/t18-,20?/m1/s1. The summed E-state index contributed by atoms with van der Waals surface area (Å²) < 4.78 is 50.3. The lowest BCUT2D eigenvalue weighted by Crippen LogP contribution is -2.71. The van der Waals surface area contributed by atoms with E-state index in [4.69, 9.17) is 9.15 Å². The molecule has 4 heterocycles. The molecule has 2 fully saturated rings. The van der Waals surface area contributed by atoms with Crippen molar-refractivity contribution in [3.63, 3.8) is 0 Å². The molecule has 2 aliphatic heterocycles. The van der Waals surface area contributed by atoms with Crippen LogP contribution in [0, 0.1) is 5.82 Å². The minimum atomic E-state index is -3.32. The van der Waals surface area contributed by atoms with Crippen molar-refractivity contribution in [2.75, 3.05) is 19.4 Å². The van der Waals surface area contributed by atoms with Crippen LogP contribution in [-0.2, 0) is 14.6 Å². The van der Waals surface area contributed by atoms with E-state index in [-0.39, 0.29) is 45.4 Å². The fourth-order valence-corrected chi connectivity index (χ4v) is 4.93. The Morgan fingerprint density at radius 3 is 2.59 bits per heavy atom. The Morgan fingerprint density at radius 1 is 1.15 bits per heavy atom. The van der Waals surface area contributed by atoms with E-state index in [2.05, 4.69) is 9.97 Å². The SMILES string of the molecule is CS(=O)(=O)c1ccc(-c2cc3ncnc(-c4cccc(C(=O)N5CC6OC[C@H]65)c4F)c3o2)cc1. The van der Waals surface area contributed by atoms with Gasteiger partial charge in [-0.1, -0.05) is 6.07 Å². The summed E-state index contributed by atoms with van der Waals surface area (Å²) in [4.78, 5) is 23.2. The highest BCUT2D eigenvalue weighted by Crippen LogP contribution is 2.36. The number of hydrogen-bond donors (Lipinski definition) is 0. The smallest absolute Gasteiger partial charge is 0.257 e. The number of sulfone groups is 1. The van der Waals surface area contributed by atoms with Gasteiger partial charge in [0.1, 0.15) is 29.1 Å². The monoisotopic (exact) mass is 479 g/mol. The molecule has 1 amide bonds. The molecule has 2 saturated heterocycles. The largest absolute Gasteiger partial charge is 0.452 e. The number of fused-ring (bicyclic) bond motifs is 2. The topological polar surface area (TPSA) is 103 Å². The van der Waals surface area contributed by atoms with Gasteiger partial charge >= 0.3 is 0 Å². The van der Waals surface area contributed by atoms with Crippen LogP contribution in [0.2, 0.25) is 0 Å². The summed E-state index contributed by atoms with van der Waals surface area (Å²) in [6.45, 7) is 0.940. The molecule has 4 aromatic rings. The third kappa shape index (κ3) is 3.21. The summed E-state index contributed by atoms with van der Waals surface area (Å²) in [5.41, 5.74) is 1.69. The first kappa shape index (κ1) is 20.9. The van der Waals surface area contributed by atoms with E-state index in [1.165, 1.54) is 24.5 Å². The molecule has 2 atom stereocenters. The number of carbonyl (C=O) groups is 1. The maximum atomic E-state index is 15.5. The molecule has 2 aromatic heterocycles. The zero-order valence-electron chi connectivity index (χ0n) is 17.9. The van der Waals surface area contributed by atoms with Crippen molar-refractivity contribution in [1.82, 2.24) is 14.9 Å². The van der Waals surface area contributed by atoms with Crippen LogP contribution in [0.25, 0.3) is 33.7 Å². The molecule has 2 aromatic carbocycles. The molecule has 0 radical (unpaired) electrons. The van der Waals surface area contributed by atoms with E-state index in [0.29, 0.717) is 30.0 Å². The van der Waals surface area contributed by atoms with Crippen LogP contribution in [0.5, 0.6) is 0 Å². The number of rotatable bonds is 4. The summed E-state index contributed by atoms with van der Waals surface area (Å²) in [6, 6.07) is 12.6. The number of aromatic nitrogens is 2. The van der Waals surface area contributed by atoms with Crippen LogP contribution in [0.4, 0.5) is 4.39 Å². The van der Waals surface area contributed by atoms with Crippen molar-refractivity contribution in [2.24, 2.45) is 0 Å². The molecule has 8 nitrogen and oxygen atoms in total. The van der Waals surface area contributed by atoms with Gasteiger partial charge in [0.2, 0.25) is 0 Å². The number of nitrogens with zero attached hydrogens (tertiary/aromatic N) is 3. The van der Waals surface area contributed by atoms with Crippen molar-refractivity contribution in [2.45, 2.75) is 17.0 Å². The van der Waals surface area contributed by atoms with Crippen molar-refractivity contribution >= 4 is 26.8 Å². The molecule has 2 aliphatic rings.